The minimum atomic E-state index is -0.906. The Morgan fingerprint density at radius 3 is 2.28 bits per heavy atom. The molecule has 0 aromatic heterocycles. The van der Waals surface area contributed by atoms with Crippen LogP contribution in [0, 0.1) is 31.1 Å². The number of carbonyl (C=O) groups is 2. The van der Waals surface area contributed by atoms with Crippen LogP contribution in [0.15, 0.2) is 48.5 Å². The Labute approximate surface area is 216 Å². The first-order chi connectivity index (χ1) is 17.1. The topological polar surface area (TPSA) is 69.6 Å². The second kappa shape index (κ2) is 10.8. The van der Waals surface area contributed by atoms with Crippen molar-refractivity contribution in [3.63, 3.8) is 0 Å². The molecule has 0 radical (unpaired) electrons. The summed E-state index contributed by atoms with van der Waals surface area (Å²) in [4.78, 5) is 28.8. The van der Waals surface area contributed by atoms with Gasteiger partial charge in [0.05, 0.1) is 6.04 Å². The van der Waals surface area contributed by atoms with Gasteiger partial charge in [-0.1, -0.05) is 94.1 Å². The summed E-state index contributed by atoms with van der Waals surface area (Å²) >= 11 is 0. The fourth-order valence-corrected chi connectivity index (χ4v) is 6.51. The molecule has 0 spiro atoms. The monoisotopic (exact) mass is 490 g/mol. The van der Waals surface area contributed by atoms with Gasteiger partial charge in [0.15, 0.2) is 0 Å². The van der Waals surface area contributed by atoms with Crippen LogP contribution in [0.2, 0.25) is 0 Å². The molecule has 1 saturated carbocycles. The van der Waals surface area contributed by atoms with Gasteiger partial charge in [-0.3, -0.25) is 4.79 Å². The van der Waals surface area contributed by atoms with Crippen molar-refractivity contribution in [1.29, 1.82) is 0 Å². The van der Waals surface area contributed by atoms with Crippen molar-refractivity contribution in [2.24, 2.45) is 17.3 Å². The van der Waals surface area contributed by atoms with Crippen molar-refractivity contribution in [2.75, 3.05) is 0 Å². The molecule has 1 amide bonds. The Morgan fingerprint density at radius 2 is 1.67 bits per heavy atom. The van der Waals surface area contributed by atoms with Gasteiger partial charge in [0.1, 0.15) is 6.04 Å². The smallest absolute Gasteiger partial charge is 0.326 e. The molecule has 2 fully saturated rings. The summed E-state index contributed by atoms with van der Waals surface area (Å²) in [5, 5.41) is 14.4. The number of aliphatic carboxylic acids is 1. The van der Waals surface area contributed by atoms with Crippen LogP contribution in [0.25, 0.3) is 0 Å². The average Bonchev–Trinajstić information content (AvgIpc) is 3.21. The number of rotatable bonds is 6. The number of carbonyl (C=O) groups excluding carboxylic acids is 1. The molecule has 1 heterocycles. The van der Waals surface area contributed by atoms with E-state index in [-0.39, 0.29) is 35.2 Å². The van der Waals surface area contributed by atoms with Gasteiger partial charge in [0.25, 0.3) is 0 Å². The van der Waals surface area contributed by atoms with Crippen LogP contribution in [-0.4, -0.2) is 34.0 Å². The van der Waals surface area contributed by atoms with E-state index in [4.69, 9.17) is 0 Å². The number of hydrogen-bond donors (Lipinski definition) is 2. The molecular formula is C31H42N2O3. The molecule has 4 atom stereocenters. The molecular weight excluding hydrogens is 448 g/mol. The lowest BCUT2D eigenvalue weighted by molar-refractivity contribution is -0.154. The van der Waals surface area contributed by atoms with Gasteiger partial charge < -0.3 is 15.3 Å². The van der Waals surface area contributed by atoms with E-state index >= 15 is 0 Å². The second-order valence-corrected chi connectivity index (χ2v) is 11.9. The highest BCUT2D eigenvalue weighted by atomic mass is 16.4. The first-order valence-corrected chi connectivity index (χ1v) is 13.5. The third-order valence-corrected chi connectivity index (χ3v) is 8.30. The number of benzene rings is 2. The number of nitrogens with one attached hydrogen (secondary N) is 1. The van der Waals surface area contributed by atoms with Crippen LogP contribution in [0.5, 0.6) is 0 Å². The van der Waals surface area contributed by atoms with Gasteiger partial charge in [0, 0.05) is 24.4 Å². The van der Waals surface area contributed by atoms with Gasteiger partial charge in [-0.25, -0.2) is 4.79 Å². The maximum Gasteiger partial charge on any atom is 0.326 e. The van der Waals surface area contributed by atoms with E-state index in [0.717, 1.165) is 37.7 Å². The third kappa shape index (κ3) is 5.36. The number of aryl methyl sites for hydroxylation is 2. The fourth-order valence-electron chi connectivity index (χ4n) is 6.51. The molecule has 2 aliphatic rings. The van der Waals surface area contributed by atoms with Crippen molar-refractivity contribution in [2.45, 2.75) is 91.4 Å². The highest BCUT2D eigenvalue weighted by Crippen LogP contribution is 2.49. The first-order valence-electron chi connectivity index (χ1n) is 13.5. The van der Waals surface area contributed by atoms with Crippen molar-refractivity contribution in [1.82, 2.24) is 10.2 Å². The molecule has 36 heavy (non-hydrogen) atoms. The van der Waals surface area contributed by atoms with Crippen LogP contribution >= 0.6 is 0 Å². The van der Waals surface area contributed by atoms with Crippen molar-refractivity contribution in [3.05, 3.63) is 70.8 Å². The van der Waals surface area contributed by atoms with Crippen LogP contribution in [0.3, 0.4) is 0 Å². The maximum atomic E-state index is 14.1. The van der Waals surface area contributed by atoms with E-state index in [9.17, 15) is 14.7 Å². The average molecular weight is 491 g/mol. The Balaban J connectivity index is 1.80. The highest BCUT2D eigenvalue weighted by Gasteiger charge is 2.58. The van der Waals surface area contributed by atoms with E-state index in [1.54, 1.807) is 4.90 Å². The SMILES string of the molecule is Cc1ccc(C)c(CN[C@H]2[C@H](C(C)(C)C)[C@@H](C(=O)O)N(C(=O)C3CCCCC3)[C@H]2c2ccccc2)c1. The fraction of sp³-hybridized carbons (Fsp3) is 0.548. The molecule has 2 N–H and O–H groups in total. The third-order valence-electron chi connectivity index (χ3n) is 8.30. The number of carboxylic acid groups (broad SMARTS) is 1. The van der Waals surface area contributed by atoms with Gasteiger partial charge in [-0.15, -0.1) is 0 Å². The number of likely N-dealkylation sites (tertiary alicyclic amines) is 1. The molecule has 1 aliphatic heterocycles. The highest BCUT2D eigenvalue weighted by molar-refractivity contribution is 5.87. The largest absolute Gasteiger partial charge is 0.480 e. The summed E-state index contributed by atoms with van der Waals surface area (Å²) < 4.78 is 0. The van der Waals surface area contributed by atoms with Crippen molar-refractivity contribution in [3.8, 4) is 0 Å². The Bertz CT molecular complexity index is 1070. The summed E-state index contributed by atoms with van der Waals surface area (Å²) in [6.45, 7) is 11.2. The molecule has 1 aliphatic carbocycles. The summed E-state index contributed by atoms with van der Waals surface area (Å²) in [5.41, 5.74) is 4.29. The molecule has 0 unspecified atom stereocenters. The zero-order valence-electron chi connectivity index (χ0n) is 22.5. The number of hydrogen-bond acceptors (Lipinski definition) is 3. The predicted octanol–water partition coefficient (Wildman–Crippen LogP) is 6.04. The summed E-state index contributed by atoms with van der Waals surface area (Å²) in [6, 6.07) is 15.1. The normalized spacial score (nSPS) is 25.2. The first kappa shape index (κ1) is 26.4. The Kier molecular flexibility index (Phi) is 7.89. The van der Waals surface area contributed by atoms with Gasteiger partial charge in [-0.05, 0) is 48.8 Å². The van der Waals surface area contributed by atoms with E-state index < -0.39 is 12.0 Å². The minimum absolute atomic E-state index is 0.0150. The number of amides is 1. The van der Waals surface area contributed by atoms with Crippen LogP contribution in [-0.2, 0) is 16.1 Å². The number of nitrogens with zero attached hydrogens (tertiary/aromatic N) is 1. The number of carboxylic acids is 1. The lowest BCUT2D eigenvalue weighted by Gasteiger charge is -2.36. The van der Waals surface area contributed by atoms with E-state index in [1.807, 2.05) is 30.3 Å². The van der Waals surface area contributed by atoms with Gasteiger partial charge in [-0.2, -0.15) is 0 Å². The predicted molar refractivity (Wildman–Crippen MR) is 144 cm³/mol. The molecule has 0 bridgehead atoms. The second-order valence-electron chi connectivity index (χ2n) is 11.9. The molecule has 4 rings (SSSR count). The molecule has 2 aromatic rings. The minimum Gasteiger partial charge on any atom is -0.480 e. The molecule has 5 nitrogen and oxygen atoms in total. The van der Waals surface area contributed by atoms with Crippen LogP contribution in [0.4, 0.5) is 0 Å². The van der Waals surface area contributed by atoms with E-state index in [1.165, 1.54) is 16.7 Å². The lowest BCUT2D eigenvalue weighted by atomic mass is 9.72. The van der Waals surface area contributed by atoms with E-state index in [0.29, 0.717) is 6.54 Å². The molecule has 1 saturated heterocycles. The quantitative estimate of drug-likeness (QED) is 0.518. The van der Waals surface area contributed by atoms with Gasteiger partial charge in [0.2, 0.25) is 5.91 Å². The van der Waals surface area contributed by atoms with Gasteiger partial charge >= 0.3 is 5.97 Å². The lowest BCUT2D eigenvalue weighted by Crippen LogP contribution is -2.49. The standard InChI is InChI=1S/C31H42N2O3/c1-20-16-17-21(2)24(18-20)19-32-26-25(31(3,4)5)28(30(35)36)33(27(26)22-12-8-6-9-13-22)29(34)23-14-10-7-11-15-23/h6,8-9,12-13,16-18,23,25-28,32H,7,10-11,14-15,19H2,1-5H3,(H,35,36)/t25-,26-,27-,28-/m0/s1. The van der Waals surface area contributed by atoms with Crippen LogP contribution in [0.1, 0.15) is 81.2 Å². The van der Waals surface area contributed by atoms with E-state index in [2.05, 4.69) is 58.1 Å². The summed E-state index contributed by atoms with van der Waals surface area (Å²) in [7, 11) is 0. The maximum absolute atomic E-state index is 14.1. The van der Waals surface area contributed by atoms with Crippen molar-refractivity contribution < 1.29 is 14.7 Å². The van der Waals surface area contributed by atoms with Crippen LogP contribution < -0.4 is 5.32 Å². The summed E-state index contributed by atoms with van der Waals surface area (Å²) in [6.07, 6.45) is 4.93. The zero-order chi connectivity index (χ0) is 26.0. The zero-order valence-corrected chi connectivity index (χ0v) is 22.5. The summed E-state index contributed by atoms with van der Waals surface area (Å²) in [5.74, 6) is -1.24. The Hall–Kier alpha value is -2.66. The molecule has 194 valence electrons. The van der Waals surface area contributed by atoms with Crippen molar-refractivity contribution >= 4 is 11.9 Å². The molecule has 2 aromatic carbocycles. The Morgan fingerprint density at radius 1 is 1.00 bits per heavy atom. The molecule has 5 heteroatoms.